The van der Waals surface area contributed by atoms with Crippen LogP contribution in [0.4, 0.5) is 4.79 Å². The van der Waals surface area contributed by atoms with Gasteiger partial charge in [0.1, 0.15) is 0 Å². The molecule has 24 heavy (non-hydrogen) atoms. The number of benzene rings is 1. The molecule has 0 saturated carbocycles. The van der Waals surface area contributed by atoms with Crippen molar-refractivity contribution in [2.75, 3.05) is 33.4 Å². The molecule has 0 saturated heterocycles. The maximum absolute atomic E-state index is 12.5. The van der Waals surface area contributed by atoms with Crippen LogP contribution in [0.3, 0.4) is 0 Å². The van der Waals surface area contributed by atoms with Gasteiger partial charge in [-0.1, -0.05) is 30.3 Å². The van der Waals surface area contributed by atoms with Crippen LogP contribution in [0, 0.1) is 0 Å². The summed E-state index contributed by atoms with van der Waals surface area (Å²) in [5, 5.41) is 8.64. The Labute approximate surface area is 141 Å². The third-order valence-electron chi connectivity index (χ3n) is 3.57. The molecule has 1 unspecified atom stereocenters. The van der Waals surface area contributed by atoms with Crippen molar-refractivity contribution >= 4 is 12.0 Å². The SMILES string of the molecule is CCOC(=O)C1=C(CNCCOC)NC(=O)NC1c1ccccc1. The first-order valence-electron chi connectivity index (χ1n) is 7.89. The van der Waals surface area contributed by atoms with Crippen molar-refractivity contribution in [2.45, 2.75) is 13.0 Å². The molecule has 1 aromatic rings. The number of ether oxygens (including phenoxy) is 2. The lowest BCUT2D eigenvalue weighted by molar-refractivity contribution is -0.139. The number of esters is 1. The smallest absolute Gasteiger partial charge is 0.338 e. The molecule has 3 N–H and O–H groups in total. The van der Waals surface area contributed by atoms with Crippen molar-refractivity contribution in [3.05, 3.63) is 47.2 Å². The van der Waals surface area contributed by atoms with E-state index in [0.717, 1.165) is 5.56 Å². The largest absolute Gasteiger partial charge is 0.463 e. The summed E-state index contributed by atoms with van der Waals surface area (Å²) in [5.74, 6) is -0.442. The first-order valence-corrected chi connectivity index (χ1v) is 7.89. The van der Waals surface area contributed by atoms with Crippen LogP contribution in [0.5, 0.6) is 0 Å². The number of carbonyl (C=O) groups excluding carboxylic acids is 2. The number of carbonyl (C=O) groups is 2. The molecule has 0 aromatic heterocycles. The minimum Gasteiger partial charge on any atom is -0.463 e. The maximum Gasteiger partial charge on any atom is 0.338 e. The van der Waals surface area contributed by atoms with E-state index in [2.05, 4.69) is 16.0 Å². The summed E-state index contributed by atoms with van der Waals surface area (Å²) < 4.78 is 10.2. The molecule has 0 bridgehead atoms. The van der Waals surface area contributed by atoms with Gasteiger partial charge in [0.15, 0.2) is 0 Å². The highest BCUT2D eigenvalue weighted by Crippen LogP contribution is 2.27. The highest BCUT2D eigenvalue weighted by molar-refractivity contribution is 5.95. The molecule has 1 aliphatic heterocycles. The zero-order chi connectivity index (χ0) is 17.4. The van der Waals surface area contributed by atoms with Crippen molar-refractivity contribution < 1.29 is 19.1 Å². The summed E-state index contributed by atoms with van der Waals surface area (Å²) in [5.41, 5.74) is 1.75. The fraction of sp³-hybridized carbons (Fsp3) is 0.412. The zero-order valence-corrected chi connectivity index (χ0v) is 13.9. The topological polar surface area (TPSA) is 88.7 Å². The number of rotatable bonds is 8. The Kier molecular flexibility index (Phi) is 6.77. The lowest BCUT2D eigenvalue weighted by Crippen LogP contribution is -2.48. The minimum absolute atomic E-state index is 0.266. The van der Waals surface area contributed by atoms with Crippen molar-refractivity contribution in [1.29, 1.82) is 0 Å². The van der Waals surface area contributed by atoms with E-state index in [0.29, 0.717) is 31.0 Å². The van der Waals surface area contributed by atoms with Gasteiger partial charge in [-0.05, 0) is 12.5 Å². The monoisotopic (exact) mass is 333 g/mol. The van der Waals surface area contributed by atoms with Gasteiger partial charge in [0, 0.05) is 25.9 Å². The van der Waals surface area contributed by atoms with Gasteiger partial charge in [0.2, 0.25) is 0 Å². The van der Waals surface area contributed by atoms with E-state index in [4.69, 9.17) is 9.47 Å². The van der Waals surface area contributed by atoms with Gasteiger partial charge in [-0.3, -0.25) is 0 Å². The quantitative estimate of drug-likeness (QED) is 0.490. The molecule has 1 aromatic carbocycles. The Morgan fingerprint density at radius 3 is 2.71 bits per heavy atom. The normalized spacial score (nSPS) is 17.2. The molecule has 1 atom stereocenters. The maximum atomic E-state index is 12.5. The molecule has 1 heterocycles. The first-order chi connectivity index (χ1) is 11.7. The predicted molar refractivity (Wildman–Crippen MR) is 89.3 cm³/mol. The molecule has 0 fully saturated rings. The van der Waals surface area contributed by atoms with Gasteiger partial charge in [-0.25, -0.2) is 9.59 Å². The number of hydrogen-bond acceptors (Lipinski definition) is 5. The zero-order valence-electron chi connectivity index (χ0n) is 13.9. The molecule has 7 nitrogen and oxygen atoms in total. The summed E-state index contributed by atoms with van der Waals surface area (Å²) in [6, 6.07) is 8.45. The summed E-state index contributed by atoms with van der Waals surface area (Å²) in [6.07, 6.45) is 0. The van der Waals surface area contributed by atoms with Crippen LogP contribution in [0.15, 0.2) is 41.6 Å². The van der Waals surface area contributed by atoms with E-state index in [-0.39, 0.29) is 12.6 Å². The average molecular weight is 333 g/mol. The van der Waals surface area contributed by atoms with E-state index in [1.807, 2.05) is 30.3 Å². The van der Waals surface area contributed by atoms with Crippen LogP contribution in [-0.2, 0) is 14.3 Å². The highest BCUT2D eigenvalue weighted by atomic mass is 16.5. The lowest BCUT2D eigenvalue weighted by atomic mass is 9.95. The van der Waals surface area contributed by atoms with Crippen LogP contribution in [0.2, 0.25) is 0 Å². The standard InChI is InChI=1S/C17H23N3O4/c1-3-24-16(21)14-13(11-18-9-10-23-2)19-17(22)20-15(14)12-7-5-4-6-8-12/h4-8,15,18H,3,9-11H2,1-2H3,(H2,19,20,22). The van der Waals surface area contributed by atoms with Crippen LogP contribution in [-0.4, -0.2) is 45.4 Å². The summed E-state index contributed by atoms with van der Waals surface area (Å²) in [4.78, 5) is 24.5. The molecule has 7 heteroatoms. The Bertz CT molecular complexity index is 601. The lowest BCUT2D eigenvalue weighted by Gasteiger charge is -2.29. The number of urea groups is 1. The number of nitrogens with one attached hydrogen (secondary N) is 3. The Balaban J connectivity index is 2.32. The average Bonchev–Trinajstić information content (AvgIpc) is 2.59. The molecule has 0 aliphatic carbocycles. The molecule has 0 spiro atoms. The van der Waals surface area contributed by atoms with Gasteiger partial charge in [-0.15, -0.1) is 0 Å². The first kappa shape index (κ1) is 18.0. The van der Waals surface area contributed by atoms with E-state index < -0.39 is 12.0 Å². The van der Waals surface area contributed by atoms with Gasteiger partial charge in [0.25, 0.3) is 0 Å². The van der Waals surface area contributed by atoms with Crippen LogP contribution in [0.1, 0.15) is 18.5 Å². The summed E-state index contributed by atoms with van der Waals surface area (Å²) in [6.45, 7) is 3.50. The molecular formula is C17H23N3O4. The van der Waals surface area contributed by atoms with E-state index in [1.165, 1.54) is 0 Å². The third kappa shape index (κ3) is 4.56. The van der Waals surface area contributed by atoms with Gasteiger partial charge in [0.05, 0.1) is 24.8 Å². The summed E-state index contributed by atoms with van der Waals surface area (Å²) >= 11 is 0. The fourth-order valence-corrected chi connectivity index (χ4v) is 2.49. The molecule has 2 amide bonds. The second kappa shape index (κ2) is 9.05. The molecular weight excluding hydrogens is 310 g/mol. The van der Waals surface area contributed by atoms with Crippen LogP contribution in [0.25, 0.3) is 0 Å². The number of amides is 2. The Morgan fingerprint density at radius 1 is 1.29 bits per heavy atom. The summed E-state index contributed by atoms with van der Waals surface area (Å²) in [7, 11) is 1.61. The van der Waals surface area contributed by atoms with Gasteiger partial charge in [-0.2, -0.15) is 0 Å². The van der Waals surface area contributed by atoms with Crippen molar-refractivity contribution in [3.63, 3.8) is 0 Å². The second-order valence-electron chi connectivity index (χ2n) is 5.22. The third-order valence-corrected chi connectivity index (χ3v) is 3.57. The molecule has 2 rings (SSSR count). The van der Waals surface area contributed by atoms with Gasteiger partial charge >= 0.3 is 12.0 Å². The number of methoxy groups -OCH3 is 1. The molecule has 0 radical (unpaired) electrons. The highest BCUT2D eigenvalue weighted by Gasteiger charge is 2.33. The van der Waals surface area contributed by atoms with Gasteiger partial charge < -0.3 is 25.4 Å². The predicted octanol–water partition coefficient (Wildman–Crippen LogP) is 1.09. The van der Waals surface area contributed by atoms with Crippen LogP contribution < -0.4 is 16.0 Å². The molecule has 1 aliphatic rings. The second-order valence-corrected chi connectivity index (χ2v) is 5.22. The Hall–Kier alpha value is -2.38. The number of hydrogen-bond donors (Lipinski definition) is 3. The fourth-order valence-electron chi connectivity index (χ4n) is 2.49. The van der Waals surface area contributed by atoms with E-state index >= 15 is 0 Å². The van der Waals surface area contributed by atoms with E-state index in [9.17, 15) is 9.59 Å². The van der Waals surface area contributed by atoms with Crippen molar-refractivity contribution in [1.82, 2.24) is 16.0 Å². The van der Waals surface area contributed by atoms with Crippen molar-refractivity contribution in [3.8, 4) is 0 Å². The van der Waals surface area contributed by atoms with Crippen LogP contribution >= 0.6 is 0 Å². The van der Waals surface area contributed by atoms with E-state index in [1.54, 1.807) is 14.0 Å². The minimum atomic E-state index is -0.543. The van der Waals surface area contributed by atoms with Crippen molar-refractivity contribution in [2.24, 2.45) is 0 Å². The molecule has 130 valence electrons. The Morgan fingerprint density at radius 2 is 2.04 bits per heavy atom.